The lowest BCUT2D eigenvalue weighted by atomic mass is 9.64. The van der Waals surface area contributed by atoms with Crippen LogP contribution in [0.15, 0.2) is 0 Å². The van der Waals surface area contributed by atoms with E-state index in [-0.39, 0.29) is 0 Å². The molecule has 2 amide bonds. The molecule has 3 fully saturated rings. The van der Waals surface area contributed by atoms with Gasteiger partial charge in [0.2, 0.25) is 5.91 Å². The van der Waals surface area contributed by atoms with Gasteiger partial charge < -0.3 is 14.2 Å². The Morgan fingerprint density at radius 2 is 1.54 bits per heavy atom. The standard InChI is InChI=1S/C16H23NO7/c1-16(2,3)24-15(21)17-9-7-6-8(12(17)18)10(13(19)22-4)11(9)14(20)23-5/h8-11H,6-7H2,1-5H3/t8-,9+,10+,11-/m0/s1. The van der Waals surface area contributed by atoms with Gasteiger partial charge in [-0.15, -0.1) is 0 Å². The second-order valence-corrected chi connectivity index (χ2v) is 7.04. The van der Waals surface area contributed by atoms with Crippen molar-refractivity contribution < 1.29 is 33.4 Å². The second kappa shape index (κ2) is 6.41. The van der Waals surface area contributed by atoms with Crippen LogP contribution in [-0.2, 0) is 28.6 Å². The number of carbonyl (C=O) groups is 4. The third-order valence-corrected chi connectivity index (χ3v) is 4.43. The van der Waals surface area contributed by atoms with E-state index < -0.39 is 53.3 Å². The number of methoxy groups -OCH3 is 2. The summed E-state index contributed by atoms with van der Waals surface area (Å²) in [5.41, 5.74) is -0.781. The van der Waals surface area contributed by atoms with Gasteiger partial charge in [0, 0.05) is 0 Å². The Morgan fingerprint density at radius 3 is 2.04 bits per heavy atom. The molecule has 0 aromatic carbocycles. The van der Waals surface area contributed by atoms with Crippen LogP contribution in [0.3, 0.4) is 0 Å². The molecule has 0 radical (unpaired) electrons. The summed E-state index contributed by atoms with van der Waals surface area (Å²) in [4.78, 5) is 50.4. The number of carbonyl (C=O) groups excluding carboxylic acids is 4. The van der Waals surface area contributed by atoms with E-state index >= 15 is 0 Å². The minimum absolute atomic E-state index is 0.413. The van der Waals surface area contributed by atoms with E-state index in [1.54, 1.807) is 20.8 Å². The summed E-state index contributed by atoms with van der Waals surface area (Å²) < 4.78 is 14.8. The van der Waals surface area contributed by atoms with Crippen LogP contribution in [0.1, 0.15) is 33.6 Å². The van der Waals surface area contributed by atoms with E-state index in [2.05, 4.69) is 0 Å². The lowest BCUT2D eigenvalue weighted by Crippen LogP contribution is -2.66. The fourth-order valence-electron chi connectivity index (χ4n) is 3.53. The maximum atomic E-state index is 12.7. The van der Waals surface area contributed by atoms with Crippen LogP contribution >= 0.6 is 0 Å². The average molecular weight is 341 g/mol. The molecule has 1 saturated carbocycles. The number of hydrogen-bond acceptors (Lipinski definition) is 7. The Morgan fingerprint density at radius 1 is 1.00 bits per heavy atom. The zero-order valence-corrected chi connectivity index (χ0v) is 14.5. The lowest BCUT2D eigenvalue weighted by molar-refractivity contribution is -0.180. The van der Waals surface area contributed by atoms with E-state index in [4.69, 9.17) is 14.2 Å². The molecule has 0 aromatic rings. The zero-order valence-electron chi connectivity index (χ0n) is 14.5. The number of hydrogen-bond donors (Lipinski definition) is 0. The first kappa shape index (κ1) is 18.2. The molecule has 3 rings (SSSR count). The third kappa shape index (κ3) is 3.09. The topological polar surface area (TPSA) is 99.2 Å². The first-order valence-corrected chi connectivity index (χ1v) is 7.84. The number of piperidine rings is 2. The SMILES string of the molecule is COC(=O)[C@@H]1[C@H](C(=O)OC)[C@@H]2CC[C@H]1N(C(=O)OC(C)(C)C)C2=O. The number of nitrogens with zero attached hydrogens (tertiary/aromatic N) is 1. The monoisotopic (exact) mass is 341 g/mol. The smallest absolute Gasteiger partial charge is 0.417 e. The van der Waals surface area contributed by atoms with E-state index in [9.17, 15) is 19.2 Å². The van der Waals surface area contributed by atoms with Crippen molar-refractivity contribution in [1.29, 1.82) is 0 Å². The van der Waals surface area contributed by atoms with Gasteiger partial charge in [0.15, 0.2) is 0 Å². The maximum absolute atomic E-state index is 12.7. The number of fused-ring (bicyclic) bond motifs is 3. The Labute approximate surface area is 140 Å². The highest BCUT2D eigenvalue weighted by molar-refractivity contribution is 6.00. The normalized spacial score (nSPS) is 29.2. The molecule has 0 unspecified atom stereocenters. The molecule has 4 atom stereocenters. The number of ether oxygens (including phenoxy) is 3. The molecule has 0 aromatic heterocycles. The van der Waals surface area contributed by atoms with Gasteiger partial charge in [0.05, 0.1) is 38.0 Å². The molecule has 8 nitrogen and oxygen atoms in total. The fourth-order valence-corrected chi connectivity index (χ4v) is 3.53. The van der Waals surface area contributed by atoms with Crippen LogP contribution in [0, 0.1) is 17.8 Å². The van der Waals surface area contributed by atoms with Crippen molar-refractivity contribution in [3.63, 3.8) is 0 Å². The van der Waals surface area contributed by atoms with Gasteiger partial charge in [-0.25, -0.2) is 9.69 Å². The number of esters is 2. The average Bonchev–Trinajstić information content (AvgIpc) is 2.51. The Kier molecular flexibility index (Phi) is 4.87. The van der Waals surface area contributed by atoms with Crippen molar-refractivity contribution in [1.82, 2.24) is 4.90 Å². The summed E-state index contributed by atoms with van der Waals surface area (Å²) in [7, 11) is 2.41. The highest BCUT2D eigenvalue weighted by Gasteiger charge is 2.60. The van der Waals surface area contributed by atoms with E-state index in [1.807, 2.05) is 0 Å². The largest absolute Gasteiger partial charge is 0.469 e. The van der Waals surface area contributed by atoms with Crippen LogP contribution in [0.5, 0.6) is 0 Å². The van der Waals surface area contributed by atoms with Crippen LogP contribution in [0.25, 0.3) is 0 Å². The van der Waals surface area contributed by atoms with Gasteiger partial charge in [-0.3, -0.25) is 14.4 Å². The van der Waals surface area contributed by atoms with Crippen LogP contribution < -0.4 is 0 Å². The number of imide groups is 1. The van der Waals surface area contributed by atoms with Crippen molar-refractivity contribution in [2.75, 3.05) is 14.2 Å². The first-order valence-electron chi connectivity index (χ1n) is 7.84. The molecule has 24 heavy (non-hydrogen) atoms. The predicted octanol–water partition coefficient (Wildman–Crippen LogP) is 1.12. The molecular formula is C16H23NO7. The molecule has 2 aliphatic heterocycles. The molecule has 2 heterocycles. The minimum Gasteiger partial charge on any atom is -0.469 e. The fraction of sp³-hybridized carbons (Fsp3) is 0.750. The molecule has 8 heteroatoms. The van der Waals surface area contributed by atoms with Gasteiger partial charge in [0.1, 0.15) is 5.60 Å². The van der Waals surface area contributed by atoms with Crippen LogP contribution in [-0.4, -0.2) is 54.7 Å². The Bertz CT molecular complexity index is 565. The summed E-state index contributed by atoms with van der Waals surface area (Å²) in [5.74, 6) is -4.45. The summed E-state index contributed by atoms with van der Waals surface area (Å²) in [6.45, 7) is 5.06. The van der Waals surface area contributed by atoms with Crippen LogP contribution in [0.4, 0.5) is 4.79 Å². The van der Waals surface area contributed by atoms with Crippen molar-refractivity contribution in [3.8, 4) is 0 Å². The van der Waals surface area contributed by atoms with Crippen molar-refractivity contribution in [3.05, 3.63) is 0 Å². The van der Waals surface area contributed by atoms with Crippen molar-refractivity contribution in [2.24, 2.45) is 17.8 Å². The van der Waals surface area contributed by atoms with E-state index in [0.717, 1.165) is 4.90 Å². The molecule has 0 N–H and O–H groups in total. The minimum atomic E-state index is -0.939. The molecule has 2 saturated heterocycles. The molecular weight excluding hydrogens is 318 g/mol. The summed E-state index contributed by atoms with van der Waals surface area (Å²) in [6.07, 6.45) is 0.0262. The summed E-state index contributed by atoms with van der Waals surface area (Å²) in [6, 6.07) is -0.770. The quantitative estimate of drug-likeness (QED) is 0.548. The highest BCUT2D eigenvalue weighted by atomic mass is 16.6. The molecule has 3 aliphatic rings. The second-order valence-electron chi connectivity index (χ2n) is 7.04. The maximum Gasteiger partial charge on any atom is 0.417 e. The summed E-state index contributed by atoms with van der Waals surface area (Å²) >= 11 is 0. The molecule has 0 spiro atoms. The Hall–Kier alpha value is -2.12. The van der Waals surface area contributed by atoms with Gasteiger partial charge in [0.25, 0.3) is 0 Å². The molecule has 134 valence electrons. The number of amides is 2. The van der Waals surface area contributed by atoms with Gasteiger partial charge in [-0.05, 0) is 33.6 Å². The van der Waals surface area contributed by atoms with Gasteiger partial charge >= 0.3 is 18.0 Å². The Balaban J connectivity index is 2.39. The number of rotatable bonds is 2. The van der Waals surface area contributed by atoms with Gasteiger partial charge in [-0.2, -0.15) is 0 Å². The molecule has 2 bridgehead atoms. The molecule has 1 aliphatic carbocycles. The first-order chi connectivity index (χ1) is 11.1. The van der Waals surface area contributed by atoms with Crippen molar-refractivity contribution in [2.45, 2.75) is 45.3 Å². The summed E-state index contributed by atoms with van der Waals surface area (Å²) in [5, 5.41) is 0. The van der Waals surface area contributed by atoms with E-state index in [0.29, 0.717) is 12.8 Å². The van der Waals surface area contributed by atoms with Crippen molar-refractivity contribution >= 4 is 23.9 Å². The highest BCUT2D eigenvalue weighted by Crippen LogP contribution is 2.45. The zero-order chi connectivity index (χ0) is 18.2. The predicted molar refractivity (Wildman–Crippen MR) is 80.6 cm³/mol. The van der Waals surface area contributed by atoms with Gasteiger partial charge in [-0.1, -0.05) is 0 Å². The van der Waals surface area contributed by atoms with Crippen LogP contribution in [0.2, 0.25) is 0 Å². The lowest BCUT2D eigenvalue weighted by Gasteiger charge is -2.49. The third-order valence-electron chi connectivity index (χ3n) is 4.43. The van der Waals surface area contributed by atoms with E-state index in [1.165, 1.54) is 14.2 Å².